The van der Waals surface area contributed by atoms with Gasteiger partial charge in [-0.3, -0.25) is 9.69 Å². The second-order valence-corrected chi connectivity index (χ2v) is 4.23. The summed E-state index contributed by atoms with van der Waals surface area (Å²) in [5.41, 5.74) is 0. The molecule has 0 aromatic rings. The van der Waals surface area contributed by atoms with E-state index >= 15 is 0 Å². The molecule has 0 atom stereocenters. The average molecular weight is 253 g/mol. The van der Waals surface area contributed by atoms with E-state index in [9.17, 15) is 4.79 Å². The fraction of sp³-hybridized carbons (Fsp3) is 0.786. The van der Waals surface area contributed by atoms with Gasteiger partial charge in [0, 0.05) is 0 Å². The Hall–Kier alpha value is -1.05. The lowest BCUT2D eigenvalue weighted by Gasteiger charge is -2.22. The van der Waals surface area contributed by atoms with Gasteiger partial charge in [0.2, 0.25) is 5.91 Å². The maximum absolute atomic E-state index is 11.5. The van der Waals surface area contributed by atoms with Gasteiger partial charge in [0.15, 0.2) is 0 Å². The second kappa shape index (κ2) is 11.1. The molecule has 1 amide bonds. The van der Waals surface area contributed by atoms with Gasteiger partial charge >= 0.3 is 0 Å². The van der Waals surface area contributed by atoms with E-state index in [1.807, 2.05) is 0 Å². The summed E-state index contributed by atoms with van der Waals surface area (Å²) in [6, 6.07) is 0. The number of hydrogen-bond donors (Lipinski definition) is 1. The molecule has 0 aliphatic rings. The van der Waals surface area contributed by atoms with Crippen LogP contribution >= 0.6 is 0 Å². The summed E-state index contributed by atoms with van der Waals surface area (Å²) in [7, 11) is 0. The van der Waals surface area contributed by atoms with E-state index in [0.29, 0.717) is 13.1 Å². The van der Waals surface area contributed by atoms with Gasteiger partial charge in [-0.2, -0.15) is 0 Å². The Morgan fingerprint density at radius 1 is 1.11 bits per heavy atom. The third-order valence-electron chi connectivity index (χ3n) is 3.05. The van der Waals surface area contributed by atoms with E-state index in [1.165, 1.54) is 0 Å². The lowest BCUT2D eigenvalue weighted by atomic mass is 10.3. The van der Waals surface area contributed by atoms with Crippen LogP contribution in [0, 0.1) is 12.3 Å². The number of carbonyl (C=O) groups is 1. The summed E-state index contributed by atoms with van der Waals surface area (Å²) in [5, 5.41) is 2.69. The Morgan fingerprint density at radius 3 is 2.17 bits per heavy atom. The molecule has 0 bridgehead atoms. The van der Waals surface area contributed by atoms with Crippen LogP contribution in [0.4, 0.5) is 0 Å². The van der Waals surface area contributed by atoms with Crippen LogP contribution in [0.5, 0.6) is 0 Å². The number of likely N-dealkylation sites (N-methyl/N-ethyl adjacent to an activating group) is 1. The van der Waals surface area contributed by atoms with Crippen molar-refractivity contribution < 1.29 is 4.79 Å². The maximum atomic E-state index is 11.5. The lowest BCUT2D eigenvalue weighted by molar-refractivity contribution is -0.122. The van der Waals surface area contributed by atoms with Crippen molar-refractivity contribution >= 4 is 5.91 Å². The first kappa shape index (κ1) is 16.9. The van der Waals surface area contributed by atoms with Crippen molar-refractivity contribution in [3.63, 3.8) is 0 Å². The molecule has 0 spiro atoms. The predicted molar refractivity (Wildman–Crippen MR) is 76.4 cm³/mol. The van der Waals surface area contributed by atoms with Crippen LogP contribution < -0.4 is 5.32 Å². The number of nitrogens with one attached hydrogen (secondary N) is 1. The minimum atomic E-state index is 0.0117. The molecule has 0 radical (unpaired) electrons. The van der Waals surface area contributed by atoms with Gasteiger partial charge in [0.1, 0.15) is 0 Å². The predicted octanol–water partition coefficient (Wildman–Crippen LogP) is 0.790. The van der Waals surface area contributed by atoms with Crippen LogP contribution in [-0.2, 0) is 4.79 Å². The first-order chi connectivity index (χ1) is 8.67. The molecule has 0 aromatic carbocycles. The fourth-order valence-electron chi connectivity index (χ4n) is 1.82. The molecule has 0 aliphatic carbocycles. The van der Waals surface area contributed by atoms with Crippen LogP contribution in [0.25, 0.3) is 0 Å². The zero-order valence-electron chi connectivity index (χ0n) is 12.0. The van der Waals surface area contributed by atoms with Crippen molar-refractivity contribution in [1.82, 2.24) is 15.1 Å². The normalized spacial score (nSPS) is 10.7. The van der Waals surface area contributed by atoms with Crippen LogP contribution in [0.1, 0.15) is 27.2 Å². The summed E-state index contributed by atoms with van der Waals surface area (Å²) >= 11 is 0. The SMILES string of the molecule is C#CCNC(=O)CN(CC)CCCN(CC)CC. The molecule has 0 aromatic heterocycles. The molecule has 104 valence electrons. The largest absolute Gasteiger partial charge is 0.344 e. The summed E-state index contributed by atoms with van der Waals surface area (Å²) < 4.78 is 0. The molecule has 0 unspecified atom stereocenters. The van der Waals surface area contributed by atoms with E-state index in [0.717, 1.165) is 39.1 Å². The highest BCUT2D eigenvalue weighted by molar-refractivity contribution is 5.78. The van der Waals surface area contributed by atoms with Crippen molar-refractivity contribution in [1.29, 1.82) is 0 Å². The Labute approximate surface area is 112 Å². The molecule has 18 heavy (non-hydrogen) atoms. The molecular weight excluding hydrogens is 226 g/mol. The molecule has 0 fully saturated rings. The number of nitrogens with zero attached hydrogens (tertiary/aromatic N) is 2. The molecular formula is C14H27N3O. The van der Waals surface area contributed by atoms with Crippen molar-refractivity contribution in [2.45, 2.75) is 27.2 Å². The summed E-state index contributed by atoms with van der Waals surface area (Å²) in [6.07, 6.45) is 6.20. The Morgan fingerprint density at radius 2 is 1.67 bits per heavy atom. The van der Waals surface area contributed by atoms with Gasteiger partial charge in [-0.05, 0) is 39.1 Å². The lowest BCUT2D eigenvalue weighted by Crippen LogP contribution is -2.38. The molecule has 1 N–H and O–H groups in total. The van der Waals surface area contributed by atoms with Crippen LogP contribution in [0.15, 0.2) is 0 Å². The highest BCUT2D eigenvalue weighted by Crippen LogP contribution is 1.95. The molecule has 0 aliphatic heterocycles. The van der Waals surface area contributed by atoms with Crippen LogP contribution in [0.3, 0.4) is 0 Å². The molecule has 0 saturated heterocycles. The van der Waals surface area contributed by atoms with Gasteiger partial charge in [0.05, 0.1) is 13.1 Å². The summed E-state index contributed by atoms with van der Waals surface area (Å²) in [4.78, 5) is 16.1. The average Bonchev–Trinajstić information content (AvgIpc) is 2.39. The van der Waals surface area contributed by atoms with Gasteiger partial charge in [-0.15, -0.1) is 6.42 Å². The zero-order valence-corrected chi connectivity index (χ0v) is 12.0. The Bertz CT molecular complexity index is 256. The van der Waals surface area contributed by atoms with Crippen LogP contribution in [0.2, 0.25) is 0 Å². The summed E-state index contributed by atoms with van der Waals surface area (Å²) in [5.74, 6) is 2.42. The van der Waals surface area contributed by atoms with E-state index in [-0.39, 0.29) is 5.91 Å². The number of carbonyl (C=O) groups excluding carboxylic acids is 1. The molecule has 4 heteroatoms. The number of rotatable bonds is 10. The minimum Gasteiger partial charge on any atom is -0.344 e. The Kier molecular flexibility index (Phi) is 10.4. The number of terminal acetylenes is 1. The smallest absolute Gasteiger partial charge is 0.234 e. The number of amides is 1. The van der Waals surface area contributed by atoms with Gasteiger partial charge < -0.3 is 10.2 Å². The molecule has 0 rings (SSSR count). The van der Waals surface area contributed by atoms with Gasteiger partial charge in [-0.25, -0.2) is 0 Å². The quantitative estimate of drug-likeness (QED) is 0.585. The van der Waals surface area contributed by atoms with Gasteiger partial charge in [0.25, 0.3) is 0 Å². The summed E-state index contributed by atoms with van der Waals surface area (Å²) in [6.45, 7) is 12.3. The minimum absolute atomic E-state index is 0.0117. The Balaban J connectivity index is 3.83. The van der Waals surface area contributed by atoms with Crippen molar-refractivity contribution in [3.05, 3.63) is 0 Å². The topological polar surface area (TPSA) is 35.6 Å². The van der Waals surface area contributed by atoms with E-state index in [4.69, 9.17) is 6.42 Å². The third kappa shape index (κ3) is 8.10. The fourth-order valence-corrected chi connectivity index (χ4v) is 1.82. The zero-order chi connectivity index (χ0) is 13.8. The molecule has 0 saturated carbocycles. The first-order valence-electron chi connectivity index (χ1n) is 6.82. The van der Waals surface area contributed by atoms with Crippen molar-refractivity contribution in [2.75, 3.05) is 45.8 Å². The highest BCUT2D eigenvalue weighted by Gasteiger charge is 2.08. The third-order valence-corrected chi connectivity index (χ3v) is 3.05. The van der Waals surface area contributed by atoms with E-state index in [2.05, 4.69) is 41.8 Å². The molecule has 0 heterocycles. The number of hydrogen-bond acceptors (Lipinski definition) is 3. The van der Waals surface area contributed by atoms with E-state index in [1.54, 1.807) is 0 Å². The second-order valence-electron chi connectivity index (χ2n) is 4.23. The maximum Gasteiger partial charge on any atom is 0.234 e. The van der Waals surface area contributed by atoms with Crippen molar-refractivity contribution in [3.8, 4) is 12.3 Å². The highest BCUT2D eigenvalue weighted by atomic mass is 16.2. The monoisotopic (exact) mass is 253 g/mol. The first-order valence-corrected chi connectivity index (χ1v) is 6.82. The molecule has 4 nitrogen and oxygen atoms in total. The van der Waals surface area contributed by atoms with E-state index < -0.39 is 0 Å². The van der Waals surface area contributed by atoms with Gasteiger partial charge in [-0.1, -0.05) is 26.7 Å². The van der Waals surface area contributed by atoms with Crippen molar-refractivity contribution in [2.24, 2.45) is 0 Å². The standard InChI is InChI=1S/C14H27N3O/c1-5-10-15-14(18)13-17(8-4)12-9-11-16(6-2)7-3/h1H,6-13H2,2-4H3,(H,15,18). The van der Waals surface area contributed by atoms with Crippen LogP contribution in [-0.4, -0.2) is 61.5 Å².